The van der Waals surface area contributed by atoms with Crippen molar-refractivity contribution >= 4 is 11.5 Å². The Balaban J connectivity index is 1.33. The zero-order valence-electron chi connectivity index (χ0n) is 19.1. The normalized spacial score (nSPS) is 56.6. The highest BCUT2D eigenvalue weighted by atomic mass is 16.7. The highest BCUT2D eigenvalue weighted by Gasteiger charge is 2.72. The molecule has 10 atom stereocenters. The van der Waals surface area contributed by atoms with E-state index in [2.05, 4.69) is 29.4 Å². The van der Waals surface area contributed by atoms with E-state index in [1.165, 1.54) is 0 Å². The summed E-state index contributed by atoms with van der Waals surface area (Å²) in [6, 6.07) is 0.645. The Morgan fingerprint density at radius 3 is 2.71 bits per heavy atom. The van der Waals surface area contributed by atoms with Gasteiger partial charge in [-0.1, -0.05) is 19.0 Å². The van der Waals surface area contributed by atoms with Gasteiger partial charge in [0, 0.05) is 30.2 Å². The van der Waals surface area contributed by atoms with E-state index in [0.717, 1.165) is 57.3 Å². The van der Waals surface area contributed by atoms with E-state index in [1.807, 2.05) is 0 Å². The second-order valence-corrected chi connectivity index (χ2v) is 11.6. The number of hydroxylamine groups is 2. The summed E-state index contributed by atoms with van der Waals surface area (Å²) >= 11 is 0. The van der Waals surface area contributed by atoms with Gasteiger partial charge in [0.15, 0.2) is 0 Å². The Bertz CT molecular complexity index is 813. The predicted octanol–water partition coefficient (Wildman–Crippen LogP) is 2.28. The van der Waals surface area contributed by atoms with Crippen molar-refractivity contribution in [2.75, 3.05) is 20.2 Å². The number of oxime groups is 1. The van der Waals surface area contributed by atoms with Gasteiger partial charge in [0.05, 0.1) is 23.9 Å². The molecule has 6 fully saturated rings. The quantitative estimate of drug-likeness (QED) is 0.527. The van der Waals surface area contributed by atoms with Gasteiger partial charge < -0.3 is 15.3 Å². The van der Waals surface area contributed by atoms with Crippen LogP contribution < -0.4 is 5.32 Å². The Kier molecular flexibility index (Phi) is 4.48. The molecule has 0 aromatic heterocycles. The molecule has 172 valence electrons. The monoisotopic (exact) mass is 431 g/mol. The summed E-state index contributed by atoms with van der Waals surface area (Å²) in [6.07, 6.45) is 7.32. The topological polar surface area (TPSA) is 83.2 Å². The zero-order valence-corrected chi connectivity index (χ0v) is 19.1. The number of aliphatic hydroxyl groups is 1. The lowest BCUT2D eigenvalue weighted by atomic mass is 9.43. The van der Waals surface area contributed by atoms with Gasteiger partial charge in [0.25, 0.3) is 0 Å². The van der Waals surface area contributed by atoms with Crippen molar-refractivity contribution in [3.8, 4) is 0 Å². The minimum Gasteiger partial charge on any atom is -0.399 e. The molecule has 2 saturated heterocycles. The number of nitrogens with zero attached hydrogens (tertiary/aromatic N) is 2. The maximum Gasteiger partial charge on any atom is 0.139 e. The van der Waals surface area contributed by atoms with Crippen LogP contribution >= 0.6 is 0 Å². The van der Waals surface area contributed by atoms with Crippen LogP contribution in [0.5, 0.6) is 0 Å². The fourth-order valence-corrected chi connectivity index (χ4v) is 8.60. The van der Waals surface area contributed by atoms with Gasteiger partial charge in [-0.15, -0.1) is 0 Å². The lowest BCUT2D eigenvalue weighted by molar-refractivity contribution is -0.151. The summed E-state index contributed by atoms with van der Waals surface area (Å²) in [7, 11) is 1.58. The summed E-state index contributed by atoms with van der Waals surface area (Å²) in [4.78, 5) is 24.4. The van der Waals surface area contributed by atoms with E-state index in [9.17, 15) is 9.90 Å². The van der Waals surface area contributed by atoms with E-state index in [1.54, 1.807) is 7.11 Å². The summed E-state index contributed by atoms with van der Waals surface area (Å²) < 4.78 is 0. The zero-order chi connectivity index (χ0) is 21.6. The second-order valence-electron chi connectivity index (χ2n) is 11.6. The minimum absolute atomic E-state index is 0.188. The summed E-state index contributed by atoms with van der Waals surface area (Å²) in [6.45, 7) is 6.41. The van der Waals surface area contributed by atoms with Crippen LogP contribution in [0.2, 0.25) is 0 Å². The molecule has 4 saturated carbocycles. The van der Waals surface area contributed by atoms with Crippen LogP contribution in [0.25, 0.3) is 0 Å². The number of fused-ring (bicyclic) bond motifs is 6. The summed E-state index contributed by atoms with van der Waals surface area (Å²) in [5, 5.41) is 22.2. The Morgan fingerprint density at radius 2 is 1.97 bits per heavy atom. The van der Waals surface area contributed by atoms with E-state index < -0.39 is 5.60 Å². The van der Waals surface area contributed by atoms with Crippen molar-refractivity contribution in [1.82, 2.24) is 10.4 Å². The number of carbonyl (C=O) groups is 1. The van der Waals surface area contributed by atoms with Crippen molar-refractivity contribution in [1.29, 1.82) is 0 Å². The third-order valence-corrected chi connectivity index (χ3v) is 10.4. The maximum absolute atomic E-state index is 12.8. The Hall–Kier alpha value is -1.02. The van der Waals surface area contributed by atoms with E-state index >= 15 is 0 Å². The molecule has 2 heterocycles. The highest BCUT2D eigenvalue weighted by Crippen LogP contribution is 2.68. The fraction of sp³-hybridized carbons (Fsp3) is 0.917. The average molecular weight is 432 g/mol. The standard InChI is InChI=1S/C24H37N3O4/c1-22-8-6-17-15(16(22)4-5-21(22)28)10-20(26-30-3)24(29)12-19-18(11-23(17,24)2)27(19)31-14-7-9-25-13-14/h14-19,25,29H,4-13H2,1-3H3/b26-20+/t14-,15+,16+,17+,18?,19?,22+,23-,24+,27?/m1/s1. The molecule has 0 aromatic rings. The maximum atomic E-state index is 12.8. The molecule has 0 amide bonds. The van der Waals surface area contributed by atoms with Crippen LogP contribution in [-0.4, -0.2) is 65.7 Å². The van der Waals surface area contributed by atoms with Gasteiger partial charge in [0.2, 0.25) is 0 Å². The lowest BCUT2D eigenvalue weighted by Gasteiger charge is -2.62. The van der Waals surface area contributed by atoms with E-state index in [-0.39, 0.29) is 23.0 Å². The number of hydrogen-bond acceptors (Lipinski definition) is 7. The molecule has 7 heteroatoms. The number of Topliss-reactive ketones (excluding diaryl/α,β-unsaturated/α-hetero) is 1. The van der Waals surface area contributed by atoms with Crippen LogP contribution in [0.4, 0.5) is 0 Å². The van der Waals surface area contributed by atoms with Gasteiger partial charge in [-0.3, -0.25) is 9.63 Å². The Morgan fingerprint density at radius 1 is 1.16 bits per heavy atom. The van der Waals surface area contributed by atoms with Gasteiger partial charge in [-0.05, 0) is 62.8 Å². The van der Waals surface area contributed by atoms with Crippen molar-refractivity contribution in [3.05, 3.63) is 0 Å². The smallest absolute Gasteiger partial charge is 0.139 e. The van der Waals surface area contributed by atoms with Crippen LogP contribution in [0, 0.1) is 28.6 Å². The molecule has 6 rings (SSSR count). The van der Waals surface area contributed by atoms with E-state index in [4.69, 9.17) is 9.68 Å². The number of rotatable bonds is 3. The Labute approximate surface area is 184 Å². The second kappa shape index (κ2) is 6.75. The number of nitrogens with one attached hydrogen (secondary N) is 1. The first kappa shape index (κ1) is 20.6. The molecule has 2 aliphatic heterocycles. The first-order valence-electron chi connectivity index (χ1n) is 12.3. The van der Waals surface area contributed by atoms with Crippen LogP contribution in [0.15, 0.2) is 5.16 Å². The van der Waals surface area contributed by atoms with Crippen LogP contribution in [0.3, 0.4) is 0 Å². The molecule has 4 aliphatic carbocycles. The highest BCUT2D eigenvalue weighted by molar-refractivity contribution is 5.95. The number of carbonyl (C=O) groups excluding carboxylic acids is 1. The molecular weight excluding hydrogens is 394 g/mol. The van der Waals surface area contributed by atoms with Gasteiger partial charge in [-0.25, -0.2) is 0 Å². The molecular formula is C24H37N3O4. The SMILES string of the molecule is CO/N=C1\C[C@H]2[C@@H]3CCC(=O)[C@@]3(C)CC[C@@H]2[C@@]2(C)CC3C(C[C@]12O)N3O[C@@H]1CCNC1. The molecule has 31 heavy (non-hydrogen) atoms. The van der Waals surface area contributed by atoms with Crippen LogP contribution in [-0.2, 0) is 14.5 Å². The lowest BCUT2D eigenvalue weighted by Crippen LogP contribution is -2.66. The third kappa shape index (κ3) is 2.66. The van der Waals surface area contributed by atoms with E-state index in [0.29, 0.717) is 42.4 Å². The van der Waals surface area contributed by atoms with Crippen LogP contribution in [0.1, 0.15) is 65.2 Å². The summed E-state index contributed by atoms with van der Waals surface area (Å²) in [5.41, 5.74) is -0.622. The van der Waals surface area contributed by atoms with Crippen molar-refractivity contribution < 1.29 is 19.6 Å². The number of hydrogen-bond donors (Lipinski definition) is 2. The molecule has 3 unspecified atom stereocenters. The summed E-state index contributed by atoms with van der Waals surface area (Å²) in [5.74, 6) is 1.65. The molecule has 0 radical (unpaired) electrons. The number of ketones is 1. The van der Waals surface area contributed by atoms with Crippen molar-refractivity contribution in [3.63, 3.8) is 0 Å². The van der Waals surface area contributed by atoms with Gasteiger partial charge in [0.1, 0.15) is 18.5 Å². The fourth-order valence-electron chi connectivity index (χ4n) is 8.60. The van der Waals surface area contributed by atoms with Gasteiger partial charge >= 0.3 is 0 Å². The molecule has 2 N–H and O–H groups in total. The first-order chi connectivity index (χ1) is 14.8. The molecule has 0 bridgehead atoms. The average Bonchev–Trinajstić information content (AvgIpc) is 3.07. The molecule has 0 spiro atoms. The van der Waals surface area contributed by atoms with Crippen molar-refractivity contribution in [2.45, 2.75) is 89.0 Å². The van der Waals surface area contributed by atoms with Gasteiger partial charge in [-0.2, -0.15) is 5.06 Å². The van der Waals surface area contributed by atoms with Crippen molar-refractivity contribution in [2.24, 2.45) is 33.7 Å². The predicted molar refractivity (Wildman–Crippen MR) is 115 cm³/mol. The first-order valence-corrected chi connectivity index (χ1v) is 12.3. The minimum atomic E-state index is -0.965. The molecule has 6 aliphatic rings. The molecule has 7 nitrogen and oxygen atoms in total. The third-order valence-electron chi connectivity index (χ3n) is 10.4. The largest absolute Gasteiger partial charge is 0.399 e. The molecule has 0 aromatic carbocycles.